The molecule has 0 aromatic carbocycles. The van der Waals surface area contributed by atoms with Crippen LogP contribution in [-0.2, 0) is 0 Å². The molecule has 0 aromatic heterocycles. The number of hydrogen-bond acceptors (Lipinski definition) is 1. The van der Waals surface area contributed by atoms with E-state index in [9.17, 15) is 0 Å². The van der Waals surface area contributed by atoms with Crippen LogP contribution in [0.15, 0.2) is 37.0 Å². The predicted octanol–water partition coefficient (Wildman–Crippen LogP) is 2.06. The molecule has 1 nitrogen and oxygen atoms in total. The number of aliphatic hydroxyl groups excluding tert-OH is 1. The molecule has 0 aliphatic rings. The highest BCUT2D eigenvalue weighted by Gasteiger charge is 1.79. The van der Waals surface area contributed by atoms with Gasteiger partial charge in [-0.05, 0) is 13.3 Å². The summed E-state index contributed by atoms with van der Waals surface area (Å²) in [6.45, 7) is 5.29. The summed E-state index contributed by atoms with van der Waals surface area (Å²) in [5.74, 6) is 0. The summed E-state index contributed by atoms with van der Waals surface area (Å²) < 4.78 is 0. The van der Waals surface area contributed by atoms with E-state index in [0.29, 0.717) is 0 Å². The van der Waals surface area contributed by atoms with E-state index in [4.69, 9.17) is 5.11 Å². The van der Waals surface area contributed by atoms with Gasteiger partial charge in [0, 0.05) is 0 Å². The van der Waals surface area contributed by atoms with Crippen molar-refractivity contribution >= 4 is 0 Å². The third-order valence-corrected chi connectivity index (χ3v) is 0.940. The lowest BCUT2D eigenvalue weighted by atomic mass is 10.3. The van der Waals surface area contributed by atoms with E-state index in [1.807, 2.05) is 24.3 Å². The van der Waals surface area contributed by atoms with Crippen molar-refractivity contribution in [1.82, 2.24) is 0 Å². The Labute approximate surface area is 62.4 Å². The van der Waals surface area contributed by atoms with Crippen molar-refractivity contribution in [1.29, 1.82) is 0 Å². The van der Waals surface area contributed by atoms with Crippen molar-refractivity contribution in [3.8, 4) is 0 Å². The fraction of sp³-hybridized carbons (Fsp3) is 0.333. The van der Waals surface area contributed by atoms with Crippen LogP contribution in [0.25, 0.3) is 0 Å². The van der Waals surface area contributed by atoms with Crippen molar-refractivity contribution in [3.63, 3.8) is 0 Å². The summed E-state index contributed by atoms with van der Waals surface area (Å²) in [7, 11) is 0. The first kappa shape index (κ1) is 9.18. The lowest BCUT2D eigenvalue weighted by Gasteiger charge is -1.88. The maximum absolute atomic E-state index is 8.77. The number of rotatable bonds is 4. The van der Waals surface area contributed by atoms with Crippen molar-refractivity contribution in [2.24, 2.45) is 0 Å². The van der Waals surface area contributed by atoms with Crippen LogP contribution in [0.1, 0.15) is 13.3 Å². The summed E-state index contributed by atoms with van der Waals surface area (Å²) in [6, 6.07) is 0. The minimum Gasteiger partial charge on any atom is -0.389 e. The molecule has 1 heteroatoms. The minimum atomic E-state index is -0.353. The van der Waals surface area contributed by atoms with E-state index in [-0.39, 0.29) is 6.10 Å². The second kappa shape index (κ2) is 6.30. The Morgan fingerprint density at radius 2 is 2.20 bits per heavy atom. The van der Waals surface area contributed by atoms with Gasteiger partial charge < -0.3 is 5.11 Å². The largest absolute Gasteiger partial charge is 0.389 e. The van der Waals surface area contributed by atoms with Crippen LogP contribution in [0.3, 0.4) is 0 Å². The van der Waals surface area contributed by atoms with Crippen LogP contribution in [0, 0.1) is 0 Å². The molecule has 0 aliphatic carbocycles. The Morgan fingerprint density at radius 3 is 2.70 bits per heavy atom. The molecule has 10 heavy (non-hydrogen) atoms. The maximum Gasteiger partial charge on any atom is 0.0695 e. The fourth-order valence-electron chi connectivity index (χ4n) is 0.478. The van der Waals surface area contributed by atoms with E-state index >= 15 is 0 Å². The molecule has 0 fully saturated rings. The zero-order valence-electron chi connectivity index (χ0n) is 6.33. The molecule has 1 atom stereocenters. The minimum absolute atomic E-state index is 0.353. The molecule has 0 aromatic rings. The second-order valence-electron chi connectivity index (χ2n) is 2.08. The zero-order valence-corrected chi connectivity index (χ0v) is 6.33. The molecule has 56 valence electrons. The first-order chi connectivity index (χ1) is 4.77. The molecular formula is C9H14O. The van der Waals surface area contributed by atoms with E-state index in [2.05, 4.69) is 6.58 Å². The van der Waals surface area contributed by atoms with Gasteiger partial charge >= 0.3 is 0 Å². The quantitative estimate of drug-likeness (QED) is 0.465. The lowest BCUT2D eigenvalue weighted by molar-refractivity contribution is 0.244. The molecule has 0 bridgehead atoms. The summed E-state index contributed by atoms with van der Waals surface area (Å²) in [5.41, 5.74) is 0. The van der Waals surface area contributed by atoms with Gasteiger partial charge in [0.15, 0.2) is 0 Å². The Kier molecular flexibility index (Phi) is 5.79. The van der Waals surface area contributed by atoms with Gasteiger partial charge in [-0.1, -0.05) is 30.4 Å². The van der Waals surface area contributed by atoms with Gasteiger partial charge in [0.25, 0.3) is 0 Å². The predicted molar refractivity (Wildman–Crippen MR) is 44.8 cm³/mol. The fourth-order valence-corrected chi connectivity index (χ4v) is 0.478. The number of allylic oxidation sites excluding steroid dienone is 4. The van der Waals surface area contributed by atoms with Gasteiger partial charge in [-0.15, -0.1) is 6.58 Å². The summed E-state index contributed by atoms with van der Waals surface area (Å²) in [6.07, 6.45) is 9.78. The van der Waals surface area contributed by atoms with Gasteiger partial charge in [0.2, 0.25) is 0 Å². The summed E-state index contributed by atoms with van der Waals surface area (Å²) >= 11 is 0. The summed E-state index contributed by atoms with van der Waals surface area (Å²) in [4.78, 5) is 0. The topological polar surface area (TPSA) is 20.2 Å². The van der Waals surface area contributed by atoms with Crippen molar-refractivity contribution in [2.45, 2.75) is 19.4 Å². The average Bonchev–Trinajstić information content (AvgIpc) is 1.87. The molecule has 0 spiro atoms. The van der Waals surface area contributed by atoms with Crippen LogP contribution in [0.4, 0.5) is 0 Å². The monoisotopic (exact) mass is 138 g/mol. The van der Waals surface area contributed by atoms with Gasteiger partial charge in [-0.3, -0.25) is 0 Å². The molecule has 0 aliphatic heterocycles. The first-order valence-electron chi connectivity index (χ1n) is 3.39. The number of aliphatic hydroxyl groups is 1. The Morgan fingerprint density at radius 1 is 1.50 bits per heavy atom. The van der Waals surface area contributed by atoms with Crippen LogP contribution in [0.5, 0.6) is 0 Å². The van der Waals surface area contributed by atoms with E-state index in [1.165, 1.54) is 0 Å². The lowest BCUT2D eigenvalue weighted by Crippen LogP contribution is -1.90. The van der Waals surface area contributed by atoms with E-state index in [1.54, 1.807) is 13.0 Å². The van der Waals surface area contributed by atoms with Crippen LogP contribution in [0.2, 0.25) is 0 Å². The third kappa shape index (κ3) is 7.18. The number of hydrogen-bond donors (Lipinski definition) is 1. The van der Waals surface area contributed by atoms with Crippen LogP contribution in [-0.4, -0.2) is 11.2 Å². The van der Waals surface area contributed by atoms with Gasteiger partial charge in [0.1, 0.15) is 0 Å². The SMILES string of the molecule is C=CC/C=C/C=C/[C@@H](C)O. The third-order valence-electron chi connectivity index (χ3n) is 0.940. The zero-order chi connectivity index (χ0) is 7.82. The molecule has 0 saturated carbocycles. The molecule has 0 rings (SSSR count). The molecule has 1 N–H and O–H groups in total. The molecular weight excluding hydrogens is 124 g/mol. The average molecular weight is 138 g/mol. The molecule has 0 radical (unpaired) electrons. The molecule has 0 heterocycles. The van der Waals surface area contributed by atoms with Crippen molar-refractivity contribution < 1.29 is 5.11 Å². The highest BCUT2D eigenvalue weighted by molar-refractivity contribution is 5.05. The van der Waals surface area contributed by atoms with E-state index in [0.717, 1.165) is 6.42 Å². The first-order valence-corrected chi connectivity index (χ1v) is 3.39. The van der Waals surface area contributed by atoms with Gasteiger partial charge in [-0.2, -0.15) is 0 Å². The molecule has 0 saturated heterocycles. The van der Waals surface area contributed by atoms with Crippen molar-refractivity contribution in [3.05, 3.63) is 37.0 Å². The van der Waals surface area contributed by atoms with Crippen LogP contribution >= 0.6 is 0 Å². The molecule has 0 unspecified atom stereocenters. The van der Waals surface area contributed by atoms with Crippen molar-refractivity contribution in [2.75, 3.05) is 0 Å². The Balaban J connectivity index is 3.41. The highest BCUT2D eigenvalue weighted by Crippen LogP contribution is 1.86. The second-order valence-corrected chi connectivity index (χ2v) is 2.08. The highest BCUT2D eigenvalue weighted by atomic mass is 16.3. The normalized spacial score (nSPS) is 14.6. The maximum atomic E-state index is 8.77. The Bertz CT molecular complexity index is 132. The van der Waals surface area contributed by atoms with Crippen LogP contribution < -0.4 is 0 Å². The Hall–Kier alpha value is -0.820. The van der Waals surface area contributed by atoms with Gasteiger partial charge in [-0.25, -0.2) is 0 Å². The van der Waals surface area contributed by atoms with E-state index < -0.39 is 0 Å². The summed E-state index contributed by atoms with van der Waals surface area (Å²) in [5, 5.41) is 8.77. The van der Waals surface area contributed by atoms with Gasteiger partial charge in [0.05, 0.1) is 6.10 Å². The smallest absolute Gasteiger partial charge is 0.0695 e. The molecule has 0 amide bonds. The standard InChI is InChI=1S/C9H14O/c1-3-4-5-6-7-8-9(2)10/h3,5-10H,1,4H2,2H3/b6-5+,8-7+/t9-/m1/s1.